The van der Waals surface area contributed by atoms with Crippen LogP contribution in [0.4, 0.5) is 0 Å². The molecule has 100 valence electrons. The summed E-state index contributed by atoms with van der Waals surface area (Å²) >= 11 is 5.58. The van der Waals surface area contributed by atoms with Crippen molar-refractivity contribution in [2.75, 3.05) is 5.88 Å². The zero-order valence-electron chi connectivity index (χ0n) is 12.0. The van der Waals surface area contributed by atoms with Gasteiger partial charge in [-0.25, -0.2) is 0 Å². The van der Waals surface area contributed by atoms with E-state index in [1.165, 1.54) is 0 Å². The molecule has 0 aliphatic rings. The van der Waals surface area contributed by atoms with E-state index in [1.54, 1.807) is 0 Å². The Bertz CT molecular complexity index is 254. The summed E-state index contributed by atoms with van der Waals surface area (Å²) in [5.74, 6) is 3.47. The average molecular weight is 275 g/mol. The van der Waals surface area contributed by atoms with Crippen LogP contribution < -0.4 is 0 Å². The summed E-state index contributed by atoms with van der Waals surface area (Å²) in [4.78, 5) is 0. The minimum absolute atomic E-state index is 0.272. The third-order valence-electron chi connectivity index (χ3n) is 3.69. The van der Waals surface area contributed by atoms with Crippen LogP contribution in [-0.4, -0.2) is 25.2 Å². The number of halogens is 1. The molecule has 0 saturated carbocycles. The van der Waals surface area contributed by atoms with Crippen molar-refractivity contribution in [3.8, 4) is 11.5 Å². The van der Waals surface area contributed by atoms with E-state index in [1.807, 2.05) is 0 Å². The molecular formula is C14H27ClOSi. The Kier molecular flexibility index (Phi) is 7.47. The molecule has 0 amide bonds. The summed E-state index contributed by atoms with van der Waals surface area (Å²) in [6.07, 6.45) is 0.0204. The van der Waals surface area contributed by atoms with Crippen molar-refractivity contribution in [2.24, 2.45) is 0 Å². The van der Waals surface area contributed by atoms with E-state index in [0.29, 0.717) is 23.0 Å². The second kappa shape index (κ2) is 7.46. The second-order valence-corrected chi connectivity index (χ2v) is 11.6. The molecule has 0 heterocycles. The normalized spacial score (nSPS) is 14.1. The van der Waals surface area contributed by atoms with Crippen molar-refractivity contribution in [3.05, 3.63) is 0 Å². The number of hydrogen-bond acceptors (Lipinski definition) is 1. The van der Waals surface area contributed by atoms with E-state index >= 15 is 0 Å². The number of alkyl halides is 1. The summed E-state index contributed by atoms with van der Waals surface area (Å²) < 4.78 is 0. The lowest BCUT2D eigenvalue weighted by Gasteiger charge is -2.38. The Labute approximate surface area is 113 Å². The average Bonchev–Trinajstić information content (AvgIpc) is 2.22. The highest BCUT2D eigenvalue weighted by Crippen LogP contribution is 2.40. The van der Waals surface area contributed by atoms with E-state index in [4.69, 9.17) is 11.6 Å². The minimum atomic E-state index is -1.62. The zero-order valence-corrected chi connectivity index (χ0v) is 13.8. The Balaban J connectivity index is 5.05. The molecule has 0 radical (unpaired) electrons. The van der Waals surface area contributed by atoms with Crippen LogP contribution in [-0.2, 0) is 0 Å². The van der Waals surface area contributed by atoms with Crippen molar-refractivity contribution in [2.45, 2.75) is 70.7 Å². The van der Waals surface area contributed by atoms with Gasteiger partial charge in [-0.3, -0.25) is 0 Å². The molecule has 0 spiro atoms. The van der Waals surface area contributed by atoms with E-state index in [-0.39, 0.29) is 5.88 Å². The molecule has 0 bridgehead atoms. The molecule has 0 unspecified atom stereocenters. The number of rotatable bonds is 5. The first kappa shape index (κ1) is 17.0. The maximum atomic E-state index is 9.45. The molecule has 0 fully saturated rings. The van der Waals surface area contributed by atoms with Crippen LogP contribution in [0.25, 0.3) is 0 Å². The lowest BCUT2D eigenvalue weighted by molar-refractivity contribution is 0.204. The summed E-state index contributed by atoms with van der Waals surface area (Å²) in [5, 5.41) is 9.45. The standard InChI is InChI=1S/C14H27ClOSi/c1-11(2)17(12(3)4,13(5)6)9-7-8-14(16)10-15/h11-14,16H,8,10H2,1-6H3/t14-/m0/s1. The summed E-state index contributed by atoms with van der Waals surface area (Å²) in [6.45, 7) is 13.7. The molecule has 3 heteroatoms. The van der Waals surface area contributed by atoms with Crippen molar-refractivity contribution >= 4 is 19.7 Å². The molecule has 0 aliphatic carbocycles. The van der Waals surface area contributed by atoms with Crippen LogP contribution in [0.3, 0.4) is 0 Å². The molecule has 0 aromatic rings. The van der Waals surface area contributed by atoms with Crippen molar-refractivity contribution in [1.29, 1.82) is 0 Å². The third-order valence-corrected chi connectivity index (χ3v) is 10.4. The lowest BCUT2D eigenvalue weighted by Crippen LogP contribution is -2.43. The van der Waals surface area contributed by atoms with E-state index in [2.05, 4.69) is 53.0 Å². The van der Waals surface area contributed by atoms with Gasteiger partial charge in [-0.05, 0) is 16.6 Å². The Morgan fingerprint density at radius 1 is 1.00 bits per heavy atom. The highest BCUT2D eigenvalue weighted by atomic mass is 35.5. The van der Waals surface area contributed by atoms with Gasteiger partial charge in [0.1, 0.15) is 8.07 Å². The topological polar surface area (TPSA) is 20.2 Å². The van der Waals surface area contributed by atoms with Gasteiger partial charge in [0.25, 0.3) is 0 Å². The van der Waals surface area contributed by atoms with Crippen molar-refractivity contribution in [1.82, 2.24) is 0 Å². The number of hydrogen-bond donors (Lipinski definition) is 1. The lowest BCUT2D eigenvalue weighted by atomic mass is 10.3. The highest BCUT2D eigenvalue weighted by molar-refractivity contribution is 6.90. The Morgan fingerprint density at radius 2 is 1.41 bits per heavy atom. The van der Waals surface area contributed by atoms with Crippen LogP contribution in [0.2, 0.25) is 16.6 Å². The molecule has 1 atom stereocenters. The van der Waals surface area contributed by atoms with Crippen LogP contribution in [0, 0.1) is 11.5 Å². The van der Waals surface area contributed by atoms with Crippen molar-refractivity contribution in [3.63, 3.8) is 0 Å². The number of aliphatic hydroxyl groups is 1. The van der Waals surface area contributed by atoms with Crippen LogP contribution in [0.5, 0.6) is 0 Å². The molecule has 0 saturated heterocycles. The van der Waals surface area contributed by atoms with Crippen LogP contribution in [0.15, 0.2) is 0 Å². The van der Waals surface area contributed by atoms with E-state index < -0.39 is 14.2 Å². The maximum Gasteiger partial charge on any atom is 0.145 e. The van der Waals surface area contributed by atoms with E-state index in [0.717, 1.165) is 0 Å². The molecular weight excluding hydrogens is 248 g/mol. The molecule has 0 rings (SSSR count). The first-order chi connectivity index (χ1) is 7.78. The van der Waals surface area contributed by atoms with Gasteiger partial charge in [-0.15, -0.1) is 23.1 Å². The molecule has 0 aliphatic heterocycles. The van der Waals surface area contributed by atoms with Gasteiger partial charge in [0, 0.05) is 12.3 Å². The monoisotopic (exact) mass is 274 g/mol. The fraction of sp³-hybridized carbons (Fsp3) is 0.857. The molecule has 1 nitrogen and oxygen atoms in total. The van der Waals surface area contributed by atoms with Crippen LogP contribution >= 0.6 is 11.6 Å². The largest absolute Gasteiger partial charge is 0.391 e. The smallest absolute Gasteiger partial charge is 0.145 e. The second-order valence-electron chi connectivity index (χ2n) is 5.71. The molecule has 0 aromatic carbocycles. The maximum absolute atomic E-state index is 9.45. The molecule has 17 heavy (non-hydrogen) atoms. The zero-order chi connectivity index (χ0) is 13.6. The Morgan fingerprint density at radius 3 is 1.71 bits per heavy atom. The van der Waals surface area contributed by atoms with Gasteiger partial charge in [0.15, 0.2) is 0 Å². The van der Waals surface area contributed by atoms with Gasteiger partial charge in [0.05, 0.1) is 6.10 Å². The number of aliphatic hydroxyl groups excluding tert-OH is 1. The fourth-order valence-corrected chi connectivity index (χ4v) is 8.19. The Hall–Kier alpha value is 0.0269. The third kappa shape index (κ3) is 4.32. The van der Waals surface area contributed by atoms with Gasteiger partial charge in [-0.1, -0.05) is 41.5 Å². The van der Waals surface area contributed by atoms with Gasteiger partial charge >= 0.3 is 0 Å². The minimum Gasteiger partial charge on any atom is -0.391 e. The first-order valence-corrected chi connectivity index (χ1v) is 9.29. The van der Waals surface area contributed by atoms with Gasteiger partial charge in [0.2, 0.25) is 0 Å². The predicted molar refractivity (Wildman–Crippen MR) is 80.2 cm³/mol. The summed E-state index contributed by atoms with van der Waals surface area (Å²) in [5.41, 5.74) is 5.49. The SMILES string of the molecule is CC(C)[Si](C#CC[C@H](O)CCl)(C(C)C)C(C)C. The highest BCUT2D eigenvalue weighted by Gasteiger charge is 2.41. The van der Waals surface area contributed by atoms with Gasteiger partial charge < -0.3 is 5.11 Å². The molecule has 0 aromatic heterocycles. The van der Waals surface area contributed by atoms with E-state index in [9.17, 15) is 5.11 Å². The summed E-state index contributed by atoms with van der Waals surface area (Å²) in [7, 11) is -1.62. The van der Waals surface area contributed by atoms with Gasteiger partial charge in [-0.2, -0.15) is 0 Å². The summed E-state index contributed by atoms with van der Waals surface area (Å²) in [6, 6.07) is 0. The van der Waals surface area contributed by atoms with Crippen molar-refractivity contribution < 1.29 is 5.11 Å². The quantitative estimate of drug-likeness (QED) is 0.453. The fourth-order valence-electron chi connectivity index (χ4n) is 2.81. The predicted octanol–water partition coefficient (Wildman–Crippen LogP) is 4.20. The first-order valence-electron chi connectivity index (χ1n) is 6.53. The molecule has 1 N–H and O–H groups in total. The van der Waals surface area contributed by atoms with Crippen LogP contribution in [0.1, 0.15) is 48.0 Å².